The lowest BCUT2D eigenvalue weighted by atomic mass is 10.8. The lowest BCUT2D eigenvalue weighted by Gasteiger charge is -1.90. The molecule has 0 aliphatic rings. The van der Waals surface area contributed by atoms with Gasteiger partial charge in [-0.15, -0.1) is 11.3 Å². The highest BCUT2D eigenvalue weighted by atomic mass is 35.5. The number of nitrogens with one attached hydrogen (secondary N) is 1. The third-order valence-electron chi connectivity index (χ3n) is 1.25. The third kappa shape index (κ3) is 2.43. The van der Waals surface area contributed by atoms with Crippen LogP contribution in [0.15, 0.2) is 17.7 Å². The summed E-state index contributed by atoms with van der Waals surface area (Å²) in [5, 5.41) is 8.29. The van der Waals surface area contributed by atoms with Gasteiger partial charge in [-0.2, -0.15) is 5.10 Å². The second-order valence-corrected chi connectivity index (χ2v) is 4.85. The highest BCUT2D eigenvalue weighted by molar-refractivity contribution is 7.98. The van der Waals surface area contributed by atoms with Gasteiger partial charge in [0.1, 0.15) is 15.7 Å². The van der Waals surface area contributed by atoms with E-state index in [4.69, 9.17) is 11.6 Å². The molecule has 0 radical (unpaired) electrons. The van der Waals surface area contributed by atoms with Gasteiger partial charge in [-0.3, -0.25) is 5.10 Å². The number of hydrogen-bond acceptors (Lipinski definition) is 5. The van der Waals surface area contributed by atoms with E-state index < -0.39 is 0 Å². The van der Waals surface area contributed by atoms with E-state index in [0.717, 1.165) is 15.9 Å². The first-order chi connectivity index (χ1) is 6.34. The second-order valence-electron chi connectivity index (χ2n) is 2.14. The van der Waals surface area contributed by atoms with Crippen LogP contribution in [0, 0.1) is 0 Å². The zero-order valence-electron chi connectivity index (χ0n) is 6.40. The summed E-state index contributed by atoms with van der Waals surface area (Å²) in [5.74, 6) is 0.770. The van der Waals surface area contributed by atoms with Gasteiger partial charge in [0, 0.05) is 0 Å². The van der Waals surface area contributed by atoms with Crippen LogP contribution in [-0.4, -0.2) is 20.2 Å². The van der Waals surface area contributed by atoms with Crippen molar-refractivity contribution in [3.05, 3.63) is 21.9 Å². The summed E-state index contributed by atoms with van der Waals surface area (Å²) in [5.41, 5.74) is 0. The van der Waals surface area contributed by atoms with E-state index in [2.05, 4.69) is 20.2 Å². The molecule has 68 valence electrons. The monoisotopic (exact) mass is 232 g/mol. The molecule has 4 nitrogen and oxygen atoms in total. The Hall–Kier alpha value is -0.590. The average molecular weight is 233 g/mol. The highest BCUT2D eigenvalue weighted by Crippen LogP contribution is 2.24. The van der Waals surface area contributed by atoms with Gasteiger partial charge in [-0.1, -0.05) is 23.4 Å². The van der Waals surface area contributed by atoms with Crippen LogP contribution in [0.3, 0.4) is 0 Å². The van der Waals surface area contributed by atoms with Crippen molar-refractivity contribution < 1.29 is 0 Å². The number of thioether (sulfide) groups is 1. The SMILES string of the molecule is Clc1cnc(CSc2ncn[nH]2)s1. The van der Waals surface area contributed by atoms with Crippen LogP contribution in [-0.2, 0) is 5.75 Å². The molecule has 2 aromatic rings. The molecule has 0 fully saturated rings. The van der Waals surface area contributed by atoms with Gasteiger partial charge in [-0.25, -0.2) is 9.97 Å². The van der Waals surface area contributed by atoms with Crippen LogP contribution in [0.4, 0.5) is 0 Å². The number of thiazole rings is 1. The van der Waals surface area contributed by atoms with E-state index in [1.807, 2.05) is 0 Å². The first kappa shape index (κ1) is 8.98. The predicted molar refractivity (Wildman–Crippen MR) is 53.1 cm³/mol. The molecule has 0 amide bonds. The molecule has 2 aromatic heterocycles. The minimum Gasteiger partial charge on any atom is -0.254 e. The van der Waals surface area contributed by atoms with E-state index in [1.54, 1.807) is 18.0 Å². The first-order valence-corrected chi connectivity index (χ1v) is 5.61. The number of aromatic amines is 1. The second kappa shape index (κ2) is 4.08. The quantitative estimate of drug-likeness (QED) is 0.825. The number of hydrogen-bond donors (Lipinski definition) is 1. The minimum absolute atomic E-state index is 0.716. The maximum Gasteiger partial charge on any atom is 0.183 e. The third-order valence-corrected chi connectivity index (χ3v) is 3.44. The van der Waals surface area contributed by atoms with Gasteiger partial charge in [0.2, 0.25) is 0 Å². The van der Waals surface area contributed by atoms with Gasteiger partial charge in [0.05, 0.1) is 11.9 Å². The van der Waals surface area contributed by atoms with E-state index >= 15 is 0 Å². The smallest absolute Gasteiger partial charge is 0.183 e. The summed E-state index contributed by atoms with van der Waals surface area (Å²) >= 11 is 8.77. The Kier molecular flexibility index (Phi) is 2.82. The summed E-state index contributed by atoms with van der Waals surface area (Å²) in [4.78, 5) is 8.10. The molecule has 0 saturated carbocycles. The fourth-order valence-corrected chi connectivity index (χ4v) is 2.49. The topological polar surface area (TPSA) is 54.5 Å². The molecule has 0 aromatic carbocycles. The lowest BCUT2D eigenvalue weighted by molar-refractivity contribution is 0.972. The molecule has 0 bridgehead atoms. The van der Waals surface area contributed by atoms with Crippen LogP contribution >= 0.6 is 34.7 Å². The fraction of sp³-hybridized carbons (Fsp3) is 0.167. The Labute approximate surface area is 87.8 Å². The summed E-state index contributed by atoms with van der Waals surface area (Å²) in [7, 11) is 0. The zero-order chi connectivity index (χ0) is 9.10. The maximum absolute atomic E-state index is 5.73. The highest BCUT2D eigenvalue weighted by Gasteiger charge is 2.02. The van der Waals surface area contributed by atoms with Crippen molar-refractivity contribution in [2.24, 2.45) is 0 Å². The molecule has 0 aliphatic heterocycles. The van der Waals surface area contributed by atoms with Crippen molar-refractivity contribution in [2.45, 2.75) is 10.9 Å². The molecule has 0 spiro atoms. The molecule has 1 N–H and O–H groups in total. The Bertz CT molecular complexity index is 372. The van der Waals surface area contributed by atoms with Gasteiger partial charge >= 0.3 is 0 Å². The molecule has 13 heavy (non-hydrogen) atoms. The number of halogens is 1. The van der Waals surface area contributed by atoms with Gasteiger partial charge in [0.25, 0.3) is 0 Å². The van der Waals surface area contributed by atoms with Crippen molar-refractivity contribution in [3.8, 4) is 0 Å². The van der Waals surface area contributed by atoms with E-state index in [-0.39, 0.29) is 0 Å². The molecule has 2 heterocycles. The van der Waals surface area contributed by atoms with Crippen molar-refractivity contribution in [2.75, 3.05) is 0 Å². The molecule has 0 saturated heterocycles. The van der Waals surface area contributed by atoms with E-state index in [9.17, 15) is 0 Å². The first-order valence-electron chi connectivity index (χ1n) is 3.43. The Morgan fingerprint density at radius 1 is 1.54 bits per heavy atom. The van der Waals surface area contributed by atoms with Gasteiger partial charge in [0.15, 0.2) is 5.16 Å². The van der Waals surface area contributed by atoms with Crippen LogP contribution in [0.25, 0.3) is 0 Å². The Balaban J connectivity index is 1.93. The molecular weight excluding hydrogens is 228 g/mol. The average Bonchev–Trinajstić information content (AvgIpc) is 2.71. The molecule has 0 aliphatic carbocycles. The zero-order valence-corrected chi connectivity index (χ0v) is 8.79. The van der Waals surface area contributed by atoms with Crippen LogP contribution in [0.2, 0.25) is 4.34 Å². The van der Waals surface area contributed by atoms with E-state index in [0.29, 0.717) is 4.34 Å². The molecule has 7 heteroatoms. The van der Waals surface area contributed by atoms with Crippen LogP contribution in [0.5, 0.6) is 0 Å². The van der Waals surface area contributed by atoms with Crippen molar-refractivity contribution in [1.29, 1.82) is 0 Å². The Morgan fingerprint density at radius 3 is 3.08 bits per heavy atom. The number of rotatable bonds is 3. The lowest BCUT2D eigenvalue weighted by Crippen LogP contribution is -1.79. The minimum atomic E-state index is 0.716. The predicted octanol–water partition coefficient (Wildman–Crippen LogP) is 2.21. The molecule has 0 atom stereocenters. The van der Waals surface area contributed by atoms with Crippen molar-refractivity contribution >= 4 is 34.7 Å². The summed E-state index contributed by atoms with van der Waals surface area (Å²) in [6.45, 7) is 0. The summed E-state index contributed by atoms with van der Waals surface area (Å²) < 4.78 is 0.716. The van der Waals surface area contributed by atoms with Crippen LogP contribution in [0.1, 0.15) is 5.01 Å². The Morgan fingerprint density at radius 2 is 2.46 bits per heavy atom. The normalized spacial score (nSPS) is 10.5. The van der Waals surface area contributed by atoms with Crippen LogP contribution < -0.4 is 0 Å². The fourth-order valence-electron chi connectivity index (χ4n) is 0.749. The molecular formula is C6H5ClN4S2. The van der Waals surface area contributed by atoms with E-state index in [1.165, 1.54) is 17.7 Å². The van der Waals surface area contributed by atoms with Gasteiger partial charge < -0.3 is 0 Å². The van der Waals surface area contributed by atoms with Gasteiger partial charge in [-0.05, 0) is 0 Å². The summed E-state index contributed by atoms with van der Waals surface area (Å²) in [6, 6.07) is 0. The number of H-pyrrole nitrogens is 1. The summed E-state index contributed by atoms with van der Waals surface area (Å²) in [6.07, 6.45) is 3.14. The standard InChI is InChI=1S/C6H5ClN4S2/c7-4-1-8-5(13-4)2-12-6-9-3-10-11-6/h1,3H,2H2,(H,9,10,11). The van der Waals surface area contributed by atoms with Crippen molar-refractivity contribution in [1.82, 2.24) is 20.2 Å². The number of aromatic nitrogens is 4. The maximum atomic E-state index is 5.73. The number of nitrogens with zero attached hydrogens (tertiary/aromatic N) is 3. The largest absolute Gasteiger partial charge is 0.254 e. The molecule has 0 unspecified atom stereocenters. The molecule has 2 rings (SSSR count). The van der Waals surface area contributed by atoms with Crippen molar-refractivity contribution in [3.63, 3.8) is 0 Å².